The van der Waals surface area contributed by atoms with Gasteiger partial charge in [0.1, 0.15) is 32.8 Å². The molecule has 4 rings (SSSR count). The molecule has 0 fully saturated rings. The molecule has 4 aromatic carbocycles. The first kappa shape index (κ1) is 23.6. The van der Waals surface area contributed by atoms with Crippen molar-refractivity contribution in [2.75, 3.05) is 0 Å². The Kier molecular flexibility index (Phi) is 7.93. The zero-order chi connectivity index (χ0) is 20.1. The van der Waals surface area contributed by atoms with Gasteiger partial charge in [-0.2, -0.15) is 0 Å². The molecular weight excluding hydrogens is 412 g/mol. The SMILES string of the molecule is N.N.O=S(=O)(c1ccccc1Oc1ccccc1)c1ccccc1Oc1ccccc1. The molecule has 0 aliphatic heterocycles. The van der Waals surface area contributed by atoms with Crippen LogP contribution in [0.1, 0.15) is 0 Å². The molecule has 0 heterocycles. The molecule has 31 heavy (non-hydrogen) atoms. The number of hydrogen-bond acceptors (Lipinski definition) is 6. The molecule has 0 aromatic heterocycles. The lowest BCUT2D eigenvalue weighted by Gasteiger charge is -2.14. The number of rotatable bonds is 6. The average Bonchev–Trinajstić information content (AvgIpc) is 2.76. The zero-order valence-corrected chi connectivity index (χ0v) is 17.7. The van der Waals surface area contributed by atoms with Gasteiger partial charge < -0.3 is 21.8 Å². The van der Waals surface area contributed by atoms with Gasteiger partial charge in [-0.15, -0.1) is 0 Å². The lowest BCUT2D eigenvalue weighted by molar-refractivity contribution is 0.462. The van der Waals surface area contributed by atoms with Crippen molar-refractivity contribution in [3.63, 3.8) is 0 Å². The van der Waals surface area contributed by atoms with Crippen molar-refractivity contribution in [3.05, 3.63) is 109 Å². The third-order valence-electron chi connectivity index (χ3n) is 4.22. The summed E-state index contributed by atoms with van der Waals surface area (Å²) in [4.78, 5) is 0.154. The summed E-state index contributed by atoms with van der Waals surface area (Å²) in [5, 5.41) is 0. The van der Waals surface area contributed by atoms with E-state index in [9.17, 15) is 8.42 Å². The van der Waals surface area contributed by atoms with E-state index in [1.54, 1.807) is 60.7 Å². The topological polar surface area (TPSA) is 123 Å². The van der Waals surface area contributed by atoms with Crippen LogP contribution in [0, 0.1) is 0 Å². The second kappa shape index (κ2) is 10.4. The number of sulfone groups is 1. The highest BCUT2D eigenvalue weighted by Gasteiger charge is 2.26. The standard InChI is InChI=1S/C24H18O4S.2H3N/c25-29(26,23-17-9-7-15-21(23)27-19-11-3-1-4-12-19)24-18-10-8-16-22(24)28-20-13-5-2-6-14-20;;/h1-18H;2*1H3. The lowest BCUT2D eigenvalue weighted by Crippen LogP contribution is -2.06. The monoisotopic (exact) mass is 436 g/mol. The average molecular weight is 437 g/mol. The minimum Gasteiger partial charge on any atom is -0.456 e. The smallest absolute Gasteiger partial charge is 0.213 e. The predicted molar refractivity (Wildman–Crippen MR) is 121 cm³/mol. The Morgan fingerprint density at radius 3 is 1.16 bits per heavy atom. The van der Waals surface area contributed by atoms with Gasteiger partial charge in [0.25, 0.3) is 0 Å². The van der Waals surface area contributed by atoms with E-state index in [4.69, 9.17) is 9.47 Å². The Morgan fingerprint density at radius 2 is 0.774 bits per heavy atom. The van der Waals surface area contributed by atoms with Crippen LogP contribution < -0.4 is 21.8 Å². The predicted octanol–water partition coefficient (Wildman–Crippen LogP) is 6.43. The summed E-state index contributed by atoms with van der Waals surface area (Å²) >= 11 is 0. The molecule has 0 bridgehead atoms. The molecule has 0 saturated heterocycles. The maximum atomic E-state index is 13.5. The molecular formula is C24H24N2O4S. The highest BCUT2D eigenvalue weighted by Crippen LogP contribution is 2.37. The van der Waals surface area contributed by atoms with Crippen LogP contribution in [0.2, 0.25) is 0 Å². The van der Waals surface area contributed by atoms with Crippen molar-refractivity contribution in [3.8, 4) is 23.0 Å². The van der Waals surface area contributed by atoms with Crippen LogP contribution in [0.3, 0.4) is 0 Å². The normalized spacial score (nSPS) is 10.3. The van der Waals surface area contributed by atoms with E-state index in [1.807, 2.05) is 36.4 Å². The molecule has 160 valence electrons. The van der Waals surface area contributed by atoms with Gasteiger partial charge in [0.2, 0.25) is 9.84 Å². The van der Waals surface area contributed by atoms with Crippen molar-refractivity contribution >= 4 is 9.84 Å². The minimum atomic E-state index is -3.89. The van der Waals surface area contributed by atoms with Crippen molar-refractivity contribution in [2.24, 2.45) is 0 Å². The van der Waals surface area contributed by atoms with E-state index in [0.29, 0.717) is 11.5 Å². The fourth-order valence-corrected chi connectivity index (χ4v) is 4.36. The Hall–Kier alpha value is -3.65. The Bertz CT molecular complexity index is 1120. The van der Waals surface area contributed by atoms with Crippen molar-refractivity contribution in [1.29, 1.82) is 0 Å². The molecule has 0 radical (unpaired) electrons. The van der Waals surface area contributed by atoms with Crippen LogP contribution in [0.25, 0.3) is 0 Å². The van der Waals surface area contributed by atoms with Crippen molar-refractivity contribution in [1.82, 2.24) is 12.3 Å². The highest BCUT2D eigenvalue weighted by atomic mass is 32.2. The molecule has 0 spiro atoms. The highest BCUT2D eigenvalue weighted by molar-refractivity contribution is 7.91. The number of ether oxygens (including phenoxy) is 2. The quantitative estimate of drug-likeness (QED) is 0.359. The van der Waals surface area contributed by atoms with E-state index in [0.717, 1.165) is 0 Å². The third kappa shape index (κ3) is 5.29. The van der Waals surface area contributed by atoms with E-state index < -0.39 is 9.84 Å². The van der Waals surface area contributed by atoms with E-state index >= 15 is 0 Å². The van der Waals surface area contributed by atoms with Gasteiger partial charge in [0, 0.05) is 0 Å². The molecule has 0 aliphatic carbocycles. The summed E-state index contributed by atoms with van der Waals surface area (Å²) in [5.41, 5.74) is 0. The van der Waals surface area contributed by atoms with Crippen LogP contribution in [-0.2, 0) is 9.84 Å². The van der Waals surface area contributed by atoms with Crippen LogP contribution in [0.15, 0.2) is 119 Å². The summed E-state index contributed by atoms with van der Waals surface area (Å²) in [6.45, 7) is 0. The molecule has 7 heteroatoms. The first-order chi connectivity index (χ1) is 14.1. The molecule has 0 saturated carbocycles. The number of para-hydroxylation sites is 4. The van der Waals surface area contributed by atoms with Gasteiger partial charge in [-0.3, -0.25) is 0 Å². The van der Waals surface area contributed by atoms with E-state index in [-0.39, 0.29) is 33.6 Å². The van der Waals surface area contributed by atoms with Gasteiger partial charge in [0.05, 0.1) is 0 Å². The molecule has 0 unspecified atom stereocenters. The Morgan fingerprint density at radius 1 is 0.452 bits per heavy atom. The van der Waals surface area contributed by atoms with Gasteiger partial charge in [-0.1, -0.05) is 60.7 Å². The zero-order valence-electron chi connectivity index (χ0n) is 16.8. The summed E-state index contributed by atoms with van der Waals surface area (Å²) in [6, 6.07) is 31.3. The number of hydrogen-bond donors (Lipinski definition) is 2. The van der Waals surface area contributed by atoms with Crippen molar-refractivity contribution in [2.45, 2.75) is 9.79 Å². The number of benzene rings is 4. The molecule has 6 nitrogen and oxygen atoms in total. The molecule has 4 aromatic rings. The summed E-state index contributed by atoms with van der Waals surface area (Å²) in [7, 11) is -3.89. The summed E-state index contributed by atoms with van der Waals surface area (Å²) in [6.07, 6.45) is 0. The maximum absolute atomic E-state index is 13.5. The summed E-state index contributed by atoms with van der Waals surface area (Å²) < 4.78 is 38.7. The van der Waals surface area contributed by atoms with Crippen LogP contribution in [-0.4, -0.2) is 8.42 Å². The molecule has 0 atom stereocenters. The lowest BCUT2D eigenvalue weighted by atomic mass is 10.3. The van der Waals surface area contributed by atoms with Gasteiger partial charge in [-0.05, 0) is 48.5 Å². The summed E-state index contributed by atoms with van der Waals surface area (Å²) in [5.74, 6) is 1.63. The first-order valence-electron chi connectivity index (χ1n) is 9.03. The molecule has 0 amide bonds. The first-order valence-corrected chi connectivity index (χ1v) is 10.5. The second-order valence-corrected chi connectivity index (χ2v) is 8.11. The van der Waals surface area contributed by atoms with E-state index in [2.05, 4.69) is 0 Å². The van der Waals surface area contributed by atoms with Gasteiger partial charge >= 0.3 is 0 Å². The fourth-order valence-electron chi connectivity index (χ4n) is 2.86. The maximum Gasteiger partial charge on any atom is 0.213 e. The fraction of sp³-hybridized carbons (Fsp3) is 0. The third-order valence-corrected chi connectivity index (χ3v) is 6.05. The molecule has 6 N–H and O–H groups in total. The van der Waals surface area contributed by atoms with Crippen LogP contribution in [0.4, 0.5) is 0 Å². The second-order valence-electron chi connectivity index (χ2n) is 6.23. The van der Waals surface area contributed by atoms with Crippen LogP contribution in [0.5, 0.6) is 23.0 Å². The van der Waals surface area contributed by atoms with E-state index in [1.165, 1.54) is 12.1 Å². The Labute approximate surface area is 182 Å². The van der Waals surface area contributed by atoms with Gasteiger partial charge in [0.15, 0.2) is 0 Å². The van der Waals surface area contributed by atoms with Crippen LogP contribution >= 0.6 is 0 Å². The van der Waals surface area contributed by atoms with Crippen molar-refractivity contribution < 1.29 is 17.9 Å². The molecule has 0 aliphatic rings. The minimum absolute atomic E-state index is 0. The Balaban J connectivity index is 0.00000171. The largest absolute Gasteiger partial charge is 0.456 e. The van der Waals surface area contributed by atoms with Gasteiger partial charge in [-0.25, -0.2) is 8.42 Å².